The Balaban J connectivity index is 1.75. The number of methoxy groups -OCH3 is 2. The predicted molar refractivity (Wildman–Crippen MR) is 90.2 cm³/mol. The molecule has 0 bridgehead atoms. The zero-order chi connectivity index (χ0) is 16.9. The number of pyridine rings is 1. The molecule has 7 heteroatoms. The van der Waals surface area contributed by atoms with Gasteiger partial charge in [-0.2, -0.15) is 0 Å². The fourth-order valence-corrected chi connectivity index (χ4v) is 2.22. The fourth-order valence-electron chi connectivity index (χ4n) is 2.22. The van der Waals surface area contributed by atoms with Crippen molar-refractivity contribution in [3.63, 3.8) is 0 Å². The molecule has 2 aromatic heterocycles. The van der Waals surface area contributed by atoms with Crippen LogP contribution >= 0.6 is 0 Å². The van der Waals surface area contributed by atoms with Crippen LogP contribution in [0.4, 0.5) is 5.69 Å². The second-order valence-corrected chi connectivity index (χ2v) is 4.94. The minimum Gasteiger partial charge on any atom is -0.497 e. The van der Waals surface area contributed by atoms with Gasteiger partial charge in [-0.1, -0.05) is 0 Å². The molecule has 0 aliphatic carbocycles. The van der Waals surface area contributed by atoms with Gasteiger partial charge in [0.05, 0.1) is 19.9 Å². The van der Waals surface area contributed by atoms with E-state index in [4.69, 9.17) is 9.47 Å². The number of amides is 1. The Morgan fingerprint density at radius 1 is 1.21 bits per heavy atom. The van der Waals surface area contributed by atoms with E-state index in [0.717, 1.165) is 5.56 Å². The van der Waals surface area contributed by atoms with Crippen molar-refractivity contribution in [2.45, 2.75) is 0 Å². The maximum absolute atomic E-state index is 12.1. The van der Waals surface area contributed by atoms with Gasteiger partial charge in [0, 0.05) is 17.8 Å². The summed E-state index contributed by atoms with van der Waals surface area (Å²) in [6.07, 6.45) is 6.43. The summed E-state index contributed by atoms with van der Waals surface area (Å²) in [6, 6.07) is 8.92. The lowest BCUT2D eigenvalue weighted by Gasteiger charge is -2.07. The third kappa shape index (κ3) is 3.35. The van der Waals surface area contributed by atoms with Crippen LogP contribution in [-0.2, 0) is 4.79 Å². The predicted octanol–water partition coefficient (Wildman–Crippen LogP) is 2.40. The van der Waals surface area contributed by atoms with E-state index in [1.54, 1.807) is 67.6 Å². The molecule has 3 rings (SSSR count). The summed E-state index contributed by atoms with van der Waals surface area (Å²) in [5.74, 6) is 1.09. The number of fused-ring (bicyclic) bond motifs is 1. The van der Waals surface area contributed by atoms with Gasteiger partial charge >= 0.3 is 0 Å². The molecule has 0 saturated carbocycles. The summed E-state index contributed by atoms with van der Waals surface area (Å²) in [6.45, 7) is 0. The number of carbonyl (C=O) groups excluding carboxylic acids is 1. The third-order valence-electron chi connectivity index (χ3n) is 3.41. The molecule has 3 aromatic rings. The quantitative estimate of drug-likeness (QED) is 0.729. The number of nitrogens with zero attached hydrogens (tertiary/aromatic N) is 3. The van der Waals surface area contributed by atoms with Gasteiger partial charge in [0.25, 0.3) is 0 Å². The number of aromatic nitrogens is 3. The van der Waals surface area contributed by atoms with Crippen LogP contribution < -0.4 is 14.8 Å². The van der Waals surface area contributed by atoms with Gasteiger partial charge in [-0.25, -0.2) is 0 Å². The Morgan fingerprint density at radius 2 is 2.08 bits per heavy atom. The number of hydrogen-bond acceptors (Lipinski definition) is 5. The molecule has 7 nitrogen and oxygen atoms in total. The standard InChI is InChI=1S/C17H16N4O3/c1-23-14-5-6-15(24-2)12(9-14)3-8-17(22)19-13-4-7-16-20-18-11-21(16)10-13/h3-11H,1-2H3,(H,19,22)/b8-3+. The van der Waals surface area contributed by atoms with Gasteiger partial charge in [-0.05, 0) is 36.4 Å². The molecular formula is C17H16N4O3. The van der Waals surface area contributed by atoms with Gasteiger partial charge in [0.2, 0.25) is 5.91 Å². The van der Waals surface area contributed by atoms with Gasteiger partial charge in [0.15, 0.2) is 5.65 Å². The molecular weight excluding hydrogens is 308 g/mol. The first-order valence-corrected chi connectivity index (χ1v) is 7.20. The van der Waals surface area contributed by atoms with E-state index < -0.39 is 0 Å². The van der Waals surface area contributed by atoms with Crippen molar-refractivity contribution in [3.8, 4) is 11.5 Å². The topological polar surface area (TPSA) is 77.8 Å². The summed E-state index contributed by atoms with van der Waals surface area (Å²) < 4.78 is 12.2. The molecule has 0 fully saturated rings. The van der Waals surface area contributed by atoms with E-state index in [-0.39, 0.29) is 5.91 Å². The second kappa shape index (κ2) is 6.82. The van der Waals surface area contributed by atoms with Crippen LogP contribution in [0, 0.1) is 0 Å². The van der Waals surface area contributed by atoms with Crippen molar-refractivity contribution in [2.75, 3.05) is 19.5 Å². The molecule has 2 heterocycles. The number of benzene rings is 1. The SMILES string of the molecule is COc1ccc(OC)c(/C=C/C(=O)Nc2ccc3nncn3c2)c1. The van der Waals surface area contributed by atoms with Crippen LogP contribution in [0.2, 0.25) is 0 Å². The van der Waals surface area contributed by atoms with Gasteiger partial charge < -0.3 is 14.8 Å². The minimum atomic E-state index is -0.257. The van der Waals surface area contributed by atoms with Gasteiger partial charge in [-0.3, -0.25) is 9.20 Å². The average Bonchev–Trinajstić information content (AvgIpc) is 3.07. The normalized spacial score (nSPS) is 10.9. The maximum atomic E-state index is 12.1. The Kier molecular flexibility index (Phi) is 4.42. The average molecular weight is 324 g/mol. The summed E-state index contributed by atoms with van der Waals surface area (Å²) >= 11 is 0. The molecule has 0 radical (unpaired) electrons. The first-order chi connectivity index (χ1) is 11.7. The van der Waals surface area contributed by atoms with Crippen LogP contribution in [0.5, 0.6) is 11.5 Å². The summed E-state index contributed by atoms with van der Waals surface area (Å²) in [5.41, 5.74) is 2.11. The molecule has 0 aliphatic heterocycles. The van der Waals surface area contributed by atoms with E-state index in [0.29, 0.717) is 22.8 Å². The number of hydrogen-bond donors (Lipinski definition) is 1. The van der Waals surface area contributed by atoms with Crippen molar-refractivity contribution in [1.82, 2.24) is 14.6 Å². The molecule has 122 valence electrons. The van der Waals surface area contributed by atoms with E-state index in [2.05, 4.69) is 15.5 Å². The first kappa shape index (κ1) is 15.5. The molecule has 0 saturated heterocycles. The highest BCUT2D eigenvalue weighted by molar-refractivity contribution is 6.02. The van der Waals surface area contributed by atoms with Gasteiger partial charge in [0.1, 0.15) is 17.8 Å². The molecule has 0 atom stereocenters. The Bertz CT molecular complexity index is 902. The zero-order valence-electron chi connectivity index (χ0n) is 13.3. The summed E-state index contributed by atoms with van der Waals surface area (Å²) in [5, 5.41) is 10.5. The highest BCUT2D eigenvalue weighted by Crippen LogP contribution is 2.25. The van der Waals surface area contributed by atoms with Crippen LogP contribution in [0.3, 0.4) is 0 Å². The maximum Gasteiger partial charge on any atom is 0.248 e. The van der Waals surface area contributed by atoms with Crippen LogP contribution in [0.15, 0.2) is 48.9 Å². The van der Waals surface area contributed by atoms with Crippen molar-refractivity contribution in [1.29, 1.82) is 0 Å². The van der Waals surface area contributed by atoms with E-state index in [1.807, 2.05) is 0 Å². The number of anilines is 1. The molecule has 1 aromatic carbocycles. The highest BCUT2D eigenvalue weighted by Gasteiger charge is 2.04. The van der Waals surface area contributed by atoms with E-state index >= 15 is 0 Å². The van der Waals surface area contributed by atoms with E-state index in [1.165, 1.54) is 6.08 Å². The second-order valence-electron chi connectivity index (χ2n) is 4.94. The molecule has 0 aliphatic rings. The molecule has 0 spiro atoms. The van der Waals surface area contributed by atoms with Crippen molar-refractivity contribution >= 4 is 23.3 Å². The van der Waals surface area contributed by atoms with Crippen LogP contribution in [-0.4, -0.2) is 34.7 Å². The van der Waals surface area contributed by atoms with E-state index in [9.17, 15) is 4.79 Å². The Morgan fingerprint density at radius 3 is 2.88 bits per heavy atom. The van der Waals surface area contributed by atoms with Crippen molar-refractivity contribution < 1.29 is 14.3 Å². The number of carbonyl (C=O) groups is 1. The molecule has 0 unspecified atom stereocenters. The monoisotopic (exact) mass is 324 g/mol. The highest BCUT2D eigenvalue weighted by atomic mass is 16.5. The number of rotatable bonds is 5. The summed E-state index contributed by atoms with van der Waals surface area (Å²) in [4.78, 5) is 12.1. The number of nitrogens with one attached hydrogen (secondary N) is 1. The lowest BCUT2D eigenvalue weighted by atomic mass is 10.1. The summed E-state index contributed by atoms with van der Waals surface area (Å²) in [7, 11) is 3.16. The lowest BCUT2D eigenvalue weighted by Crippen LogP contribution is -2.08. The van der Waals surface area contributed by atoms with Gasteiger partial charge in [-0.15, -0.1) is 10.2 Å². The smallest absolute Gasteiger partial charge is 0.248 e. The zero-order valence-corrected chi connectivity index (χ0v) is 13.3. The fraction of sp³-hybridized carbons (Fsp3) is 0.118. The lowest BCUT2D eigenvalue weighted by molar-refractivity contribution is -0.111. The van der Waals surface area contributed by atoms with Crippen molar-refractivity contribution in [2.24, 2.45) is 0 Å². The minimum absolute atomic E-state index is 0.257. The largest absolute Gasteiger partial charge is 0.497 e. The number of ether oxygens (including phenoxy) is 2. The third-order valence-corrected chi connectivity index (χ3v) is 3.41. The Labute approximate surface area is 138 Å². The van der Waals surface area contributed by atoms with Crippen LogP contribution in [0.1, 0.15) is 5.56 Å². The van der Waals surface area contributed by atoms with Crippen molar-refractivity contribution in [3.05, 3.63) is 54.5 Å². The first-order valence-electron chi connectivity index (χ1n) is 7.20. The Hall–Kier alpha value is -3.35. The molecule has 1 N–H and O–H groups in total. The molecule has 1 amide bonds. The molecule has 24 heavy (non-hydrogen) atoms. The van der Waals surface area contributed by atoms with Crippen LogP contribution in [0.25, 0.3) is 11.7 Å².